The fourth-order valence-electron chi connectivity index (χ4n) is 9.31. The van der Waals surface area contributed by atoms with Gasteiger partial charge in [0, 0.05) is 74.6 Å². The highest BCUT2D eigenvalue weighted by atomic mass is 16.5. The number of hydrogen-bond acceptors (Lipinski definition) is 13. The zero-order valence-electron chi connectivity index (χ0n) is 34.4. The summed E-state index contributed by atoms with van der Waals surface area (Å²) in [4.78, 5) is 67.1. The molecule has 3 aromatic carbocycles. The van der Waals surface area contributed by atoms with Gasteiger partial charge >= 0.3 is 0 Å². The molecule has 4 amide bonds. The SMILES string of the molecule is COc1ccc(Oc2ccc(-c3nn(C4CCN(C5CCN(C6CN(c7ccc(C)c(C(=O)N(C=O)C8CCC(=O)NC8=O)c7)C6)CC5)CC4)c4ncnc(N)c34)cc2)cc1. The second-order valence-corrected chi connectivity index (χ2v) is 16.4. The highest BCUT2D eigenvalue weighted by molar-refractivity contribution is 6.08. The Balaban J connectivity index is 0.781. The molecule has 9 rings (SSSR count). The maximum Gasteiger partial charge on any atom is 0.261 e. The molecule has 2 aromatic heterocycles. The molecule has 0 spiro atoms. The lowest BCUT2D eigenvalue weighted by atomic mass is 9.95. The average molecular weight is 827 g/mol. The van der Waals surface area contributed by atoms with E-state index in [2.05, 4.69) is 34.7 Å². The number of carbonyl (C=O) groups excluding carboxylic acids is 4. The molecule has 1 unspecified atom stereocenters. The molecule has 0 bridgehead atoms. The van der Waals surface area contributed by atoms with Crippen molar-refractivity contribution in [1.82, 2.24) is 39.8 Å². The molecule has 0 aliphatic carbocycles. The van der Waals surface area contributed by atoms with Gasteiger partial charge in [0.05, 0.1) is 18.5 Å². The average Bonchev–Trinajstić information content (AvgIpc) is 3.66. The number of piperidine rings is 3. The van der Waals surface area contributed by atoms with E-state index >= 15 is 0 Å². The number of likely N-dealkylation sites (tertiary alicyclic amines) is 2. The van der Waals surface area contributed by atoms with Crippen LogP contribution in [0, 0.1) is 6.92 Å². The summed E-state index contributed by atoms with van der Waals surface area (Å²) < 4.78 is 13.4. The quantitative estimate of drug-likeness (QED) is 0.140. The van der Waals surface area contributed by atoms with E-state index in [-0.39, 0.29) is 18.9 Å². The monoisotopic (exact) mass is 826 g/mol. The Morgan fingerprint density at radius 3 is 2.13 bits per heavy atom. The number of amides is 4. The number of nitrogen functional groups attached to an aromatic ring is 1. The van der Waals surface area contributed by atoms with Crippen molar-refractivity contribution in [3.63, 3.8) is 0 Å². The maximum absolute atomic E-state index is 13.5. The number of ether oxygens (including phenoxy) is 2. The highest BCUT2D eigenvalue weighted by Gasteiger charge is 2.38. The van der Waals surface area contributed by atoms with Crippen molar-refractivity contribution in [3.8, 4) is 28.5 Å². The Bertz CT molecular complexity index is 2430. The van der Waals surface area contributed by atoms with E-state index in [0.29, 0.717) is 35.6 Å². The molecule has 4 saturated heterocycles. The third kappa shape index (κ3) is 8.00. The summed E-state index contributed by atoms with van der Waals surface area (Å²) in [6.07, 6.45) is 6.27. The Kier molecular flexibility index (Phi) is 11.1. The summed E-state index contributed by atoms with van der Waals surface area (Å²) in [6, 6.07) is 21.2. The van der Waals surface area contributed by atoms with E-state index in [9.17, 15) is 19.2 Å². The molecule has 5 aromatic rings. The largest absolute Gasteiger partial charge is 0.497 e. The molecule has 1 atom stereocenters. The van der Waals surface area contributed by atoms with Crippen LogP contribution in [0.4, 0.5) is 11.5 Å². The molecular weight excluding hydrogens is 777 g/mol. The van der Waals surface area contributed by atoms with Crippen molar-refractivity contribution in [3.05, 3.63) is 84.2 Å². The number of methoxy groups -OCH3 is 1. The van der Waals surface area contributed by atoms with Crippen LogP contribution in [-0.4, -0.2) is 123 Å². The summed E-state index contributed by atoms with van der Waals surface area (Å²) in [5, 5.41) is 8.14. The van der Waals surface area contributed by atoms with Gasteiger partial charge in [-0.25, -0.2) is 14.6 Å². The van der Waals surface area contributed by atoms with Crippen LogP contribution in [0.15, 0.2) is 73.1 Å². The Morgan fingerprint density at radius 1 is 0.836 bits per heavy atom. The Labute approximate surface area is 353 Å². The van der Waals surface area contributed by atoms with Crippen LogP contribution < -0.4 is 25.4 Å². The molecule has 0 saturated carbocycles. The number of hydrogen-bond donors (Lipinski definition) is 2. The Morgan fingerprint density at radius 2 is 1.48 bits per heavy atom. The minimum absolute atomic E-state index is 0.0803. The second kappa shape index (κ2) is 16.9. The molecule has 4 aliphatic rings. The van der Waals surface area contributed by atoms with Crippen LogP contribution in [0.25, 0.3) is 22.3 Å². The van der Waals surface area contributed by atoms with Gasteiger partial charge in [0.1, 0.15) is 41.1 Å². The molecule has 16 nitrogen and oxygen atoms in total. The second-order valence-electron chi connectivity index (χ2n) is 16.4. The third-order valence-corrected chi connectivity index (χ3v) is 12.9. The van der Waals surface area contributed by atoms with Crippen LogP contribution in [0.2, 0.25) is 0 Å². The number of fused-ring (bicyclic) bond motifs is 1. The maximum atomic E-state index is 13.5. The van der Waals surface area contributed by atoms with E-state index in [1.54, 1.807) is 7.11 Å². The van der Waals surface area contributed by atoms with Crippen LogP contribution in [0.3, 0.4) is 0 Å². The van der Waals surface area contributed by atoms with E-state index in [1.165, 1.54) is 6.33 Å². The fraction of sp³-hybridized carbons (Fsp3) is 0.400. The molecule has 4 fully saturated rings. The molecule has 3 N–H and O–H groups in total. The van der Waals surface area contributed by atoms with Gasteiger partial charge in [-0.3, -0.25) is 34.3 Å². The third-order valence-electron chi connectivity index (χ3n) is 12.9. The minimum atomic E-state index is -1.00. The fourth-order valence-corrected chi connectivity index (χ4v) is 9.31. The molecule has 4 aliphatic heterocycles. The minimum Gasteiger partial charge on any atom is -0.497 e. The van der Waals surface area contributed by atoms with E-state index in [0.717, 1.165) is 115 Å². The van der Waals surface area contributed by atoms with Crippen molar-refractivity contribution in [2.45, 2.75) is 69.6 Å². The molecule has 16 heteroatoms. The normalized spacial score (nSPS) is 19.7. The number of nitrogens with one attached hydrogen (secondary N) is 1. The number of aromatic nitrogens is 4. The van der Waals surface area contributed by atoms with Gasteiger partial charge in [0.15, 0.2) is 5.65 Å². The number of anilines is 2. The predicted molar refractivity (Wildman–Crippen MR) is 228 cm³/mol. The first-order valence-corrected chi connectivity index (χ1v) is 21.0. The van der Waals surface area contributed by atoms with Gasteiger partial charge in [0.2, 0.25) is 18.2 Å². The predicted octanol–water partition coefficient (Wildman–Crippen LogP) is 4.58. The van der Waals surface area contributed by atoms with Crippen LogP contribution in [-0.2, 0) is 14.4 Å². The first-order valence-electron chi connectivity index (χ1n) is 21.0. The summed E-state index contributed by atoms with van der Waals surface area (Å²) in [6.45, 7) is 7.57. The first-order chi connectivity index (χ1) is 29.7. The topological polar surface area (TPSA) is 181 Å². The van der Waals surface area contributed by atoms with Crippen molar-refractivity contribution >= 4 is 46.7 Å². The van der Waals surface area contributed by atoms with Crippen molar-refractivity contribution in [2.24, 2.45) is 0 Å². The van der Waals surface area contributed by atoms with Crippen LogP contribution in [0.1, 0.15) is 60.5 Å². The lowest BCUT2D eigenvalue weighted by Gasteiger charge is -2.50. The van der Waals surface area contributed by atoms with E-state index in [4.69, 9.17) is 20.3 Å². The highest BCUT2D eigenvalue weighted by Crippen LogP contribution is 2.37. The number of nitrogens with zero attached hydrogens (tertiary/aromatic N) is 8. The smallest absolute Gasteiger partial charge is 0.261 e. The Hall–Kier alpha value is -6.39. The number of imide groups is 2. The number of benzene rings is 3. The zero-order chi connectivity index (χ0) is 42.2. The number of rotatable bonds is 11. The van der Waals surface area contributed by atoms with Gasteiger partial charge in [-0.1, -0.05) is 6.07 Å². The molecule has 316 valence electrons. The zero-order valence-corrected chi connectivity index (χ0v) is 34.4. The summed E-state index contributed by atoms with van der Waals surface area (Å²) in [5.41, 5.74) is 10.9. The van der Waals surface area contributed by atoms with Crippen molar-refractivity contribution < 1.29 is 28.7 Å². The van der Waals surface area contributed by atoms with Gasteiger partial charge in [-0.15, -0.1) is 0 Å². The summed E-state index contributed by atoms with van der Waals surface area (Å²) in [7, 11) is 1.64. The van der Waals surface area contributed by atoms with Gasteiger partial charge in [-0.2, -0.15) is 5.10 Å². The summed E-state index contributed by atoms with van der Waals surface area (Å²) in [5.74, 6) is 1.05. The van der Waals surface area contributed by atoms with Crippen LogP contribution in [0.5, 0.6) is 17.2 Å². The number of carbonyl (C=O) groups is 4. The van der Waals surface area contributed by atoms with E-state index in [1.807, 2.05) is 73.7 Å². The van der Waals surface area contributed by atoms with Gasteiger partial charge in [-0.05, 0) is 105 Å². The molecular formula is C45H50N10O6. The molecule has 61 heavy (non-hydrogen) atoms. The lowest BCUT2D eigenvalue weighted by molar-refractivity contribution is -0.139. The molecule has 0 radical (unpaired) electrons. The van der Waals surface area contributed by atoms with E-state index < -0.39 is 23.8 Å². The van der Waals surface area contributed by atoms with Crippen molar-refractivity contribution in [2.75, 3.05) is 57.0 Å². The molecule has 6 heterocycles. The number of nitrogens with two attached hydrogens (primary N) is 1. The first kappa shape index (κ1) is 40.0. The van der Waals surface area contributed by atoms with Gasteiger partial charge < -0.3 is 25.0 Å². The van der Waals surface area contributed by atoms with Gasteiger partial charge in [0.25, 0.3) is 5.91 Å². The lowest BCUT2D eigenvalue weighted by Crippen LogP contribution is -2.62. The van der Waals surface area contributed by atoms with Crippen LogP contribution >= 0.6 is 0 Å². The van der Waals surface area contributed by atoms with Crippen molar-refractivity contribution in [1.29, 1.82) is 0 Å². The summed E-state index contributed by atoms with van der Waals surface area (Å²) >= 11 is 0. The number of aryl methyl sites for hydroxylation is 1. The standard InChI is InChI=1S/C45H50N10O6/c1-28-3-6-32(23-37(28)45(59)54(27-56)38-13-14-39(57)49-44(38)58)53-24-33(25-53)52-19-15-30(16-20-52)51-21-17-31(18-22-51)55-43-40(42(46)47-26-48-43)41(50-55)29-4-7-35(8-5-29)61-36-11-9-34(60-2)10-12-36/h3-12,23,26-27,30-31,33,38H,13-22,24-25H2,1-2H3,(H2,46,47,48)(H,49,57,58).